The first-order valence-corrected chi connectivity index (χ1v) is 6.53. The van der Waals surface area contributed by atoms with Crippen LogP contribution in [0.5, 0.6) is 0 Å². The Morgan fingerprint density at radius 2 is 1.48 bits per heavy atom. The summed E-state index contributed by atoms with van der Waals surface area (Å²) in [5.74, 6) is -6.70. The molecule has 0 aromatic heterocycles. The largest absolute Gasteiger partial charge is 0.383 e. The fourth-order valence-corrected chi connectivity index (χ4v) is 2.69. The second-order valence-electron chi connectivity index (χ2n) is 5.96. The van der Waals surface area contributed by atoms with Crippen LogP contribution in [0.25, 0.3) is 0 Å². The van der Waals surface area contributed by atoms with Crippen LogP contribution in [0.1, 0.15) is 19.4 Å². The second kappa shape index (κ2) is 4.61. The molecule has 2 atom stereocenters. The second-order valence-corrected chi connectivity index (χ2v) is 5.96. The summed E-state index contributed by atoms with van der Waals surface area (Å²) in [6, 6.07) is 8.52. The highest BCUT2D eigenvalue weighted by Gasteiger charge is 2.70. The molecular formula is C15H20O6. The SMILES string of the molecule is CC(C)(c1ccccc1)C1(O)C=CC(O)C(O)(O)C1(O)O. The van der Waals surface area contributed by atoms with Crippen molar-refractivity contribution in [3.05, 3.63) is 48.0 Å². The molecule has 6 heteroatoms. The first-order chi connectivity index (χ1) is 9.48. The van der Waals surface area contributed by atoms with E-state index in [1.165, 1.54) is 13.8 Å². The number of hydrogen-bond donors (Lipinski definition) is 6. The summed E-state index contributed by atoms with van der Waals surface area (Å²) < 4.78 is 0. The molecule has 2 rings (SSSR count). The lowest BCUT2D eigenvalue weighted by atomic mass is 9.61. The van der Waals surface area contributed by atoms with Gasteiger partial charge in [-0.2, -0.15) is 0 Å². The van der Waals surface area contributed by atoms with Crippen LogP contribution in [0.15, 0.2) is 42.5 Å². The first kappa shape index (κ1) is 16.1. The minimum Gasteiger partial charge on any atom is -0.383 e. The smallest absolute Gasteiger partial charge is 0.256 e. The van der Waals surface area contributed by atoms with Crippen molar-refractivity contribution in [2.45, 2.75) is 42.5 Å². The van der Waals surface area contributed by atoms with Crippen molar-refractivity contribution < 1.29 is 30.6 Å². The van der Waals surface area contributed by atoms with Crippen LogP contribution in [-0.2, 0) is 5.41 Å². The molecule has 1 aliphatic rings. The monoisotopic (exact) mass is 296 g/mol. The van der Waals surface area contributed by atoms with Gasteiger partial charge in [0.15, 0.2) is 5.60 Å². The van der Waals surface area contributed by atoms with E-state index >= 15 is 0 Å². The lowest BCUT2D eigenvalue weighted by molar-refractivity contribution is -0.428. The molecule has 0 bridgehead atoms. The van der Waals surface area contributed by atoms with E-state index in [0.29, 0.717) is 5.56 Å². The molecule has 1 aromatic rings. The normalized spacial score (nSPS) is 31.1. The van der Waals surface area contributed by atoms with Gasteiger partial charge >= 0.3 is 0 Å². The van der Waals surface area contributed by atoms with E-state index in [-0.39, 0.29) is 0 Å². The maximum absolute atomic E-state index is 10.8. The maximum atomic E-state index is 10.8. The van der Waals surface area contributed by atoms with E-state index in [9.17, 15) is 30.6 Å². The van der Waals surface area contributed by atoms with Gasteiger partial charge in [-0.25, -0.2) is 0 Å². The zero-order valence-corrected chi connectivity index (χ0v) is 11.8. The molecule has 21 heavy (non-hydrogen) atoms. The summed E-state index contributed by atoms with van der Waals surface area (Å²) in [6.07, 6.45) is -0.0376. The van der Waals surface area contributed by atoms with Gasteiger partial charge in [-0.05, 0) is 11.6 Å². The van der Waals surface area contributed by atoms with Crippen molar-refractivity contribution in [3.63, 3.8) is 0 Å². The van der Waals surface area contributed by atoms with Crippen LogP contribution in [0.3, 0.4) is 0 Å². The Bertz CT molecular complexity index is 549. The molecule has 6 N–H and O–H groups in total. The van der Waals surface area contributed by atoms with Crippen molar-refractivity contribution in [3.8, 4) is 0 Å². The molecule has 0 saturated heterocycles. The predicted octanol–water partition coefficient (Wildman–Crippen LogP) is -1.01. The Kier molecular flexibility index (Phi) is 3.53. The fraction of sp³-hybridized carbons (Fsp3) is 0.467. The van der Waals surface area contributed by atoms with E-state index in [4.69, 9.17) is 0 Å². The highest BCUT2D eigenvalue weighted by Crippen LogP contribution is 2.48. The van der Waals surface area contributed by atoms with Crippen LogP contribution in [0.4, 0.5) is 0 Å². The number of aliphatic hydroxyl groups excluding tert-OH is 1. The van der Waals surface area contributed by atoms with E-state index < -0.39 is 28.7 Å². The van der Waals surface area contributed by atoms with Gasteiger partial charge in [-0.1, -0.05) is 50.3 Å². The van der Waals surface area contributed by atoms with Gasteiger partial charge < -0.3 is 30.6 Å². The average molecular weight is 296 g/mol. The van der Waals surface area contributed by atoms with E-state index in [0.717, 1.165) is 12.2 Å². The number of rotatable bonds is 2. The van der Waals surface area contributed by atoms with Crippen molar-refractivity contribution >= 4 is 0 Å². The van der Waals surface area contributed by atoms with Gasteiger partial charge in [0, 0.05) is 5.41 Å². The van der Waals surface area contributed by atoms with Crippen LogP contribution in [0.2, 0.25) is 0 Å². The molecule has 116 valence electrons. The lowest BCUT2D eigenvalue weighted by Gasteiger charge is -2.54. The third-order valence-electron chi connectivity index (χ3n) is 4.43. The molecule has 0 radical (unpaired) electrons. The summed E-state index contributed by atoms with van der Waals surface area (Å²) in [6.45, 7) is 3.06. The highest BCUT2D eigenvalue weighted by molar-refractivity contribution is 5.37. The Labute approximate surface area is 122 Å². The standard InChI is InChI=1S/C15H20O6/c1-12(2,10-6-4-3-5-7-10)13(17)9-8-11(16)14(18,19)15(13,20)21/h3-9,11,16-21H,1-2H3. The zero-order chi connectivity index (χ0) is 16.1. The Morgan fingerprint density at radius 3 is 2.00 bits per heavy atom. The number of benzene rings is 1. The molecule has 0 saturated carbocycles. The maximum Gasteiger partial charge on any atom is 0.256 e. The third-order valence-corrected chi connectivity index (χ3v) is 4.43. The first-order valence-electron chi connectivity index (χ1n) is 6.53. The predicted molar refractivity (Wildman–Crippen MR) is 73.9 cm³/mol. The molecule has 2 unspecified atom stereocenters. The average Bonchev–Trinajstić information content (AvgIpc) is 2.43. The summed E-state index contributed by atoms with van der Waals surface area (Å²) in [5, 5.41) is 60.3. The van der Waals surface area contributed by atoms with Crippen molar-refractivity contribution in [2.24, 2.45) is 0 Å². The lowest BCUT2D eigenvalue weighted by Crippen LogP contribution is -2.77. The zero-order valence-electron chi connectivity index (χ0n) is 11.8. The third kappa shape index (κ3) is 1.96. The van der Waals surface area contributed by atoms with E-state index in [1.807, 2.05) is 0 Å². The fourth-order valence-electron chi connectivity index (χ4n) is 2.69. The number of aliphatic hydroxyl groups is 6. The van der Waals surface area contributed by atoms with Crippen LogP contribution >= 0.6 is 0 Å². The molecule has 0 heterocycles. The molecule has 0 amide bonds. The molecule has 1 aromatic carbocycles. The van der Waals surface area contributed by atoms with E-state index in [2.05, 4.69) is 0 Å². The molecule has 0 aliphatic heterocycles. The molecule has 6 nitrogen and oxygen atoms in total. The summed E-state index contributed by atoms with van der Waals surface area (Å²) >= 11 is 0. The topological polar surface area (TPSA) is 121 Å². The minimum absolute atomic E-state index is 0.553. The summed E-state index contributed by atoms with van der Waals surface area (Å²) in [5.41, 5.74) is -3.17. The Balaban J connectivity index is 2.63. The van der Waals surface area contributed by atoms with Crippen LogP contribution in [0, 0.1) is 0 Å². The van der Waals surface area contributed by atoms with Gasteiger partial charge in [-0.3, -0.25) is 0 Å². The van der Waals surface area contributed by atoms with Gasteiger partial charge in [0.05, 0.1) is 0 Å². The summed E-state index contributed by atoms with van der Waals surface area (Å²) in [4.78, 5) is 0. The molecular weight excluding hydrogens is 276 g/mol. The molecule has 1 aliphatic carbocycles. The Morgan fingerprint density at radius 1 is 0.952 bits per heavy atom. The minimum atomic E-state index is -3.38. The van der Waals surface area contributed by atoms with Crippen LogP contribution < -0.4 is 0 Å². The van der Waals surface area contributed by atoms with Crippen LogP contribution in [-0.4, -0.2) is 53.9 Å². The van der Waals surface area contributed by atoms with Crippen molar-refractivity contribution in [2.75, 3.05) is 0 Å². The van der Waals surface area contributed by atoms with Gasteiger partial charge in [0.1, 0.15) is 6.10 Å². The van der Waals surface area contributed by atoms with E-state index in [1.54, 1.807) is 30.3 Å². The van der Waals surface area contributed by atoms with Gasteiger partial charge in [0.25, 0.3) is 11.6 Å². The highest BCUT2D eigenvalue weighted by atomic mass is 16.6. The van der Waals surface area contributed by atoms with Crippen molar-refractivity contribution in [1.82, 2.24) is 0 Å². The van der Waals surface area contributed by atoms with Crippen molar-refractivity contribution in [1.29, 1.82) is 0 Å². The quantitative estimate of drug-likeness (QED) is 0.307. The number of hydrogen-bond acceptors (Lipinski definition) is 6. The Hall–Kier alpha value is -1.28. The van der Waals surface area contributed by atoms with Gasteiger partial charge in [0.2, 0.25) is 0 Å². The molecule has 0 spiro atoms. The summed E-state index contributed by atoms with van der Waals surface area (Å²) in [7, 11) is 0. The van der Waals surface area contributed by atoms with Gasteiger partial charge in [-0.15, -0.1) is 0 Å². The molecule has 0 fully saturated rings.